The maximum absolute atomic E-state index is 14.4. The normalized spacial score (nSPS) is 27.2. The van der Waals surface area contributed by atoms with Gasteiger partial charge in [0, 0.05) is 28.9 Å². The Morgan fingerprint density at radius 2 is 2.00 bits per heavy atom. The number of aliphatic hydroxyl groups is 1. The summed E-state index contributed by atoms with van der Waals surface area (Å²) in [5.41, 5.74) is -1.36. The molecule has 5 nitrogen and oxygen atoms in total. The number of β-amino-alcohol motifs (C(OH)–C–C–N with tert-alkyl or cyclic N) is 1. The molecular weight excluding hydrogens is 501 g/mol. The van der Waals surface area contributed by atoms with E-state index in [4.69, 9.17) is 21.1 Å². The highest BCUT2D eigenvalue weighted by Crippen LogP contribution is 2.52. The van der Waals surface area contributed by atoms with Crippen molar-refractivity contribution in [2.75, 3.05) is 6.54 Å². The molecule has 3 atom stereocenters. The van der Waals surface area contributed by atoms with E-state index in [1.54, 1.807) is 27.7 Å². The number of nitrogens with zero attached hydrogens (tertiary/aromatic N) is 1. The van der Waals surface area contributed by atoms with Crippen molar-refractivity contribution < 1.29 is 23.8 Å². The summed E-state index contributed by atoms with van der Waals surface area (Å²) in [6.45, 7) is 7.18. The van der Waals surface area contributed by atoms with Crippen LogP contribution in [0.2, 0.25) is 5.02 Å². The Hall–Kier alpha value is -1.83. The van der Waals surface area contributed by atoms with E-state index in [1.807, 2.05) is 30.3 Å². The Morgan fingerprint density at radius 3 is 2.62 bits per heavy atom. The van der Waals surface area contributed by atoms with Crippen LogP contribution in [0.1, 0.15) is 45.2 Å². The van der Waals surface area contributed by atoms with Gasteiger partial charge in [-0.15, -0.1) is 0 Å². The van der Waals surface area contributed by atoms with Crippen molar-refractivity contribution in [3.05, 3.63) is 62.8 Å². The van der Waals surface area contributed by atoms with E-state index in [2.05, 4.69) is 15.9 Å². The molecule has 1 fully saturated rings. The number of hydrogen-bond donors (Lipinski definition) is 1. The molecule has 8 heteroatoms. The fraction of sp³-hybridized carbons (Fsp3) is 0.458. The number of rotatable bonds is 2. The minimum Gasteiger partial charge on any atom is -0.480 e. The first-order valence-electron chi connectivity index (χ1n) is 10.5. The lowest BCUT2D eigenvalue weighted by atomic mass is 9.80. The van der Waals surface area contributed by atoms with Crippen LogP contribution in [0.25, 0.3) is 0 Å². The molecule has 1 amide bonds. The van der Waals surface area contributed by atoms with Crippen LogP contribution in [0.3, 0.4) is 0 Å². The first kappa shape index (κ1) is 23.3. The molecule has 0 bridgehead atoms. The third-order valence-electron chi connectivity index (χ3n) is 5.90. The molecule has 4 rings (SSSR count). The quantitative estimate of drug-likeness (QED) is 0.500. The molecule has 1 N–H and O–H groups in total. The lowest BCUT2D eigenvalue weighted by Crippen LogP contribution is -2.53. The van der Waals surface area contributed by atoms with Gasteiger partial charge in [-0.25, -0.2) is 9.18 Å². The van der Waals surface area contributed by atoms with Crippen LogP contribution in [0.5, 0.6) is 5.75 Å². The van der Waals surface area contributed by atoms with Crippen LogP contribution in [0.4, 0.5) is 9.18 Å². The summed E-state index contributed by atoms with van der Waals surface area (Å²) < 4.78 is 27.0. The van der Waals surface area contributed by atoms with Crippen molar-refractivity contribution in [1.29, 1.82) is 0 Å². The summed E-state index contributed by atoms with van der Waals surface area (Å²) in [5, 5.41) is 11.0. The number of fused-ring (bicyclic) bond motifs is 1. The molecular formula is C24H26BrClFNO4. The Labute approximate surface area is 200 Å². The molecule has 0 aromatic heterocycles. The van der Waals surface area contributed by atoms with Crippen LogP contribution in [0.15, 0.2) is 40.9 Å². The molecule has 0 radical (unpaired) electrons. The smallest absolute Gasteiger partial charge is 0.410 e. The minimum atomic E-state index is -1.14. The molecule has 0 aliphatic carbocycles. The first-order valence-corrected chi connectivity index (χ1v) is 11.6. The fourth-order valence-corrected chi connectivity index (χ4v) is 5.31. The average molecular weight is 527 g/mol. The van der Waals surface area contributed by atoms with Gasteiger partial charge in [-0.3, -0.25) is 4.90 Å². The number of carbonyl (C=O) groups is 1. The second kappa shape index (κ2) is 7.89. The topological polar surface area (TPSA) is 59.0 Å². The summed E-state index contributed by atoms with van der Waals surface area (Å²) in [6, 6.07) is 10.2. The summed E-state index contributed by atoms with van der Waals surface area (Å²) in [7, 11) is 0. The summed E-state index contributed by atoms with van der Waals surface area (Å²) in [4.78, 5) is 14.7. The van der Waals surface area contributed by atoms with Crippen LogP contribution >= 0.6 is 27.5 Å². The van der Waals surface area contributed by atoms with E-state index in [1.165, 1.54) is 11.0 Å². The third kappa shape index (κ3) is 4.11. The minimum absolute atomic E-state index is 0.0152. The van der Waals surface area contributed by atoms with Gasteiger partial charge in [0.1, 0.15) is 17.2 Å². The molecule has 2 unspecified atom stereocenters. The predicted octanol–water partition coefficient (Wildman–Crippen LogP) is 5.83. The molecule has 2 aromatic carbocycles. The molecule has 2 heterocycles. The van der Waals surface area contributed by atoms with Gasteiger partial charge >= 0.3 is 6.09 Å². The number of benzene rings is 2. The van der Waals surface area contributed by atoms with E-state index in [9.17, 15) is 14.3 Å². The Bertz CT molecular complexity index is 1060. The highest BCUT2D eigenvalue weighted by atomic mass is 79.9. The highest BCUT2D eigenvalue weighted by molar-refractivity contribution is 9.10. The van der Waals surface area contributed by atoms with Gasteiger partial charge in [0.05, 0.1) is 23.2 Å². The number of halogens is 3. The summed E-state index contributed by atoms with van der Waals surface area (Å²) in [6.07, 6.45) is 0.0778. The number of amides is 1. The monoisotopic (exact) mass is 525 g/mol. The van der Waals surface area contributed by atoms with Gasteiger partial charge in [0.25, 0.3) is 0 Å². The number of likely N-dealkylation sites (tertiary alicyclic amines) is 1. The Balaban J connectivity index is 1.84. The zero-order chi connectivity index (χ0) is 23.5. The maximum atomic E-state index is 14.4. The molecule has 32 heavy (non-hydrogen) atoms. The molecule has 172 valence electrons. The van der Waals surface area contributed by atoms with E-state index in [-0.39, 0.29) is 18.0 Å². The van der Waals surface area contributed by atoms with Crippen LogP contribution < -0.4 is 4.74 Å². The van der Waals surface area contributed by atoms with Crippen LogP contribution in [0, 0.1) is 5.82 Å². The van der Waals surface area contributed by atoms with E-state index < -0.39 is 34.8 Å². The van der Waals surface area contributed by atoms with Gasteiger partial charge in [-0.1, -0.05) is 41.9 Å². The fourth-order valence-electron chi connectivity index (χ4n) is 4.62. The van der Waals surface area contributed by atoms with Crippen molar-refractivity contribution >= 4 is 33.6 Å². The van der Waals surface area contributed by atoms with Crippen molar-refractivity contribution in [3.63, 3.8) is 0 Å². The first-order chi connectivity index (χ1) is 14.8. The van der Waals surface area contributed by atoms with Gasteiger partial charge in [-0.05, 0) is 49.2 Å². The molecule has 2 aliphatic heterocycles. The average Bonchev–Trinajstić information content (AvgIpc) is 3.24. The molecule has 1 saturated heterocycles. The standard InChI is InChI=1S/C24H26BrClFNO4/c1-22(2,3)32-21(29)28-13-23(4,30)12-18(28)24(14-8-6-5-7-9-14)11-15-17(31-24)10-16(27)20(26)19(15)25/h5-10,18,30H,11-13H2,1-4H3/t18?,23?,24-/m0/s1. The highest BCUT2D eigenvalue weighted by Gasteiger charge is 2.58. The lowest BCUT2D eigenvalue weighted by Gasteiger charge is -2.40. The molecule has 0 saturated carbocycles. The van der Waals surface area contributed by atoms with E-state index in [0.29, 0.717) is 16.6 Å². The van der Waals surface area contributed by atoms with Crippen LogP contribution in [-0.4, -0.2) is 39.9 Å². The zero-order valence-electron chi connectivity index (χ0n) is 18.4. The van der Waals surface area contributed by atoms with Gasteiger partial charge in [-0.2, -0.15) is 0 Å². The molecule has 2 aliphatic rings. The molecule has 0 spiro atoms. The lowest BCUT2D eigenvalue weighted by molar-refractivity contribution is -0.0216. The zero-order valence-corrected chi connectivity index (χ0v) is 20.8. The van der Waals surface area contributed by atoms with Crippen molar-refractivity contribution in [2.24, 2.45) is 0 Å². The number of hydrogen-bond acceptors (Lipinski definition) is 4. The van der Waals surface area contributed by atoms with E-state index in [0.717, 1.165) is 11.1 Å². The Kier molecular flexibility index (Phi) is 5.75. The summed E-state index contributed by atoms with van der Waals surface area (Å²) in [5.74, 6) is -0.234. The molecule has 2 aromatic rings. The third-order valence-corrected chi connectivity index (χ3v) is 7.38. The Morgan fingerprint density at radius 1 is 1.34 bits per heavy atom. The second-order valence-corrected chi connectivity index (χ2v) is 11.0. The van der Waals surface area contributed by atoms with Gasteiger partial charge in [0.15, 0.2) is 5.60 Å². The van der Waals surface area contributed by atoms with Crippen LogP contribution in [-0.2, 0) is 16.8 Å². The van der Waals surface area contributed by atoms with Crippen molar-refractivity contribution in [1.82, 2.24) is 4.90 Å². The summed E-state index contributed by atoms with van der Waals surface area (Å²) >= 11 is 9.57. The SMILES string of the molecule is CC1(O)CC([C@@]2(c3ccccc3)Cc3c(cc(F)c(Cl)c3Br)O2)N(C(=O)OC(C)(C)C)C1. The second-order valence-electron chi connectivity index (χ2n) is 9.82. The number of ether oxygens (including phenoxy) is 2. The van der Waals surface area contributed by atoms with Crippen molar-refractivity contribution in [2.45, 2.75) is 63.4 Å². The van der Waals surface area contributed by atoms with Crippen molar-refractivity contribution in [3.8, 4) is 5.75 Å². The van der Waals surface area contributed by atoms with E-state index >= 15 is 0 Å². The number of carbonyl (C=O) groups excluding carboxylic acids is 1. The van der Waals surface area contributed by atoms with Gasteiger partial charge in [0.2, 0.25) is 0 Å². The van der Waals surface area contributed by atoms with Gasteiger partial charge < -0.3 is 14.6 Å². The largest absolute Gasteiger partial charge is 0.480 e. The maximum Gasteiger partial charge on any atom is 0.410 e. The predicted molar refractivity (Wildman–Crippen MR) is 124 cm³/mol.